The van der Waals surface area contributed by atoms with Crippen LogP contribution in [0.1, 0.15) is 31.7 Å². The van der Waals surface area contributed by atoms with Crippen LogP contribution in [0.3, 0.4) is 0 Å². The Morgan fingerprint density at radius 3 is 2.75 bits per heavy atom. The number of amides is 1. The lowest BCUT2D eigenvalue weighted by molar-refractivity contribution is -0.121. The van der Waals surface area contributed by atoms with Gasteiger partial charge >= 0.3 is 0 Å². The largest absolute Gasteiger partial charge is 0.375 e. The van der Waals surface area contributed by atoms with Crippen LogP contribution in [0.25, 0.3) is 5.69 Å². The zero-order chi connectivity index (χ0) is 19.7. The van der Waals surface area contributed by atoms with Gasteiger partial charge in [0.15, 0.2) is 5.82 Å². The number of ether oxygens (including phenoxy) is 1. The smallest absolute Gasteiger partial charge is 0.224 e. The summed E-state index contributed by atoms with van der Waals surface area (Å²) >= 11 is 0. The monoisotopic (exact) mass is 384 g/mol. The van der Waals surface area contributed by atoms with Gasteiger partial charge in [0.1, 0.15) is 0 Å². The highest BCUT2D eigenvalue weighted by molar-refractivity contribution is 5.79. The van der Waals surface area contributed by atoms with Gasteiger partial charge in [0.25, 0.3) is 0 Å². The lowest BCUT2D eigenvalue weighted by Gasteiger charge is -2.36. The van der Waals surface area contributed by atoms with Crippen molar-refractivity contribution in [3.8, 4) is 5.69 Å². The number of morpholine rings is 1. The molecule has 1 aromatic heterocycles. The third-order valence-electron chi connectivity index (χ3n) is 5.72. The minimum Gasteiger partial charge on any atom is -0.375 e. The van der Waals surface area contributed by atoms with E-state index in [2.05, 4.69) is 39.6 Å². The van der Waals surface area contributed by atoms with E-state index >= 15 is 0 Å². The first kappa shape index (κ1) is 19.0. The van der Waals surface area contributed by atoms with E-state index in [1.54, 1.807) is 4.68 Å². The molecule has 2 aliphatic rings. The summed E-state index contributed by atoms with van der Waals surface area (Å²) in [6.07, 6.45) is 1.64. The molecule has 2 aromatic rings. The van der Waals surface area contributed by atoms with E-state index in [0.29, 0.717) is 24.5 Å². The zero-order valence-electron chi connectivity index (χ0n) is 16.7. The Morgan fingerprint density at radius 1 is 1.29 bits per heavy atom. The molecule has 28 heavy (non-hydrogen) atoms. The van der Waals surface area contributed by atoms with Crippen LogP contribution in [0.4, 0.5) is 0 Å². The maximum absolute atomic E-state index is 12.5. The Kier molecular flexibility index (Phi) is 5.41. The lowest BCUT2D eigenvalue weighted by atomic mass is 10.0. The number of fused-ring (bicyclic) bond motifs is 1. The van der Waals surface area contributed by atoms with Gasteiger partial charge in [-0.1, -0.05) is 26.0 Å². The van der Waals surface area contributed by atoms with Gasteiger partial charge in [-0.2, -0.15) is 4.68 Å². The molecule has 3 atom stereocenters. The Balaban J connectivity index is 1.30. The summed E-state index contributed by atoms with van der Waals surface area (Å²) < 4.78 is 7.65. The highest BCUT2D eigenvalue weighted by Gasteiger charge is 2.38. The summed E-state index contributed by atoms with van der Waals surface area (Å²) in [5.74, 6) is 1.32. The molecule has 3 heterocycles. The minimum absolute atomic E-state index is 0.0672. The number of rotatable bonds is 5. The summed E-state index contributed by atoms with van der Waals surface area (Å²) in [6, 6.07) is 8.41. The number of nitrogens with zero attached hydrogens (tertiary/aromatic N) is 5. The summed E-state index contributed by atoms with van der Waals surface area (Å²) in [4.78, 5) is 15.0. The van der Waals surface area contributed by atoms with Gasteiger partial charge in [-0.25, -0.2) is 0 Å². The Morgan fingerprint density at radius 2 is 2.07 bits per heavy atom. The van der Waals surface area contributed by atoms with E-state index in [0.717, 1.165) is 43.2 Å². The number of carbonyl (C=O) groups is 1. The highest BCUT2D eigenvalue weighted by atomic mass is 16.5. The van der Waals surface area contributed by atoms with Crippen molar-refractivity contribution in [2.24, 2.45) is 5.92 Å². The predicted molar refractivity (Wildman–Crippen MR) is 104 cm³/mol. The van der Waals surface area contributed by atoms with Crippen molar-refractivity contribution in [3.63, 3.8) is 0 Å². The van der Waals surface area contributed by atoms with E-state index in [9.17, 15) is 4.79 Å². The fourth-order valence-corrected chi connectivity index (χ4v) is 4.10. The topological polar surface area (TPSA) is 85.2 Å². The SMILES string of the molecule is Cc1nnnn1-c1ccc(CC(=O)N[C@@H]2C[C@H]3CO[C@H](C(C)C)CN3C2)cc1. The number of hydrogen-bond acceptors (Lipinski definition) is 6. The van der Waals surface area contributed by atoms with E-state index < -0.39 is 0 Å². The van der Waals surface area contributed by atoms with Crippen LogP contribution in [0.15, 0.2) is 24.3 Å². The molecule has 2 saturated heterocycles. The van der Waals surface area contributed by atoms with Crippen molar-refractivity contribution in [3.05, 3.63) is 35.7 Å². The Bertz CT molecular complexity index is 818. The molecule has 1 aromatic carbocycles. The number of aromatic nitrogens is 4. The molecule has 0 radical (unpaired) electrons. The van der Waals surface area contributed by atoms with Crippen LogP contribution in [0.2, 0.25) is 0 Å². The summed E-state index contributed by atoms with van der Waals surface area (Å²) in [6.45, 7) is 8.91. The maximum atomic E-state index is 12.5. The predicted octanol–water partition coefficient (Wildman–Crippen LogP) is 1.13. The first-order valence-electron chi connectivity index (χ1n) is 9.99. The maximum Gasteiger partial charge on any atom is 0.224 e. The van der Waals surface area contributed by atoms with Gasteiger partial charge in [0, 0.05) is 25.2 Å². The second-order valence-electron chi connectivity index (χ2n) is 8.20. The third-order valence-corrected chi connectivity index (χ3v) is 5.72. The third kappa shape index (κ3) is 4.07. The molecule has 150 valence electrons. The van der Waals surface area contributed by atoms with Gasteiger partial charge in [-0.3, -0.25) is 9.69 Å². The van der Waals surface area contributed by atoms with Crippen molar-refractivity contribution >= 4 is 5.91 Å². The normalized spacial score (nSPS) is 25.1. The van der Waals surface area contributed by atoms with E-state index in [-0.39, 0.29) is 11.9 Å². The molecule has 0 unspecified atom stereocenters. The van der Waals surface area contributed by atoms with Crippen LogP contribution in [0.5, 0.6) is 0 Å². The molecule has 2 aliphatic heterocycles. The number of benzene rings is 1. The first-order valence-corrected chi connectivity index (χ1v) is 9.99. The van der Waals surface area contributed by atoms with E-state index in [1.165, 1.54) is 0 Å². The number of carbonyl (C=O) groups excluding carboxylic acids is 1. The Labute approximate surface area is 165 Å². The van der Waals surface area contributed by atoms with Gasteiger partial charge in [0.05, 0.1) is 24.8 Å². The average molecular weight is 384 g/mol. The minimum atomic E-state index is 0.0672. The van der Waals surface area contributed by atoms with Crippen LogP contribution in [0, 0.1) is 12.8 Å². The molecule has 0 saturated carbocycles. The second-order valence-corrected chi connectivity index (χ2v) is 8.20. The molecule has 1 amide bonds. The molecule has 2 fully saturated rings. The van der Waals surface area contributed by atoms with Gasteiger partial charge in [-0.15, -0.1) is 5.10 Å². The molecule has 0 aliphatic carbocycles. The van der Waals surface area contributed by atoms with Crippen molar-refractivity contribution in [1.82, 2.24) is 30.4 Å². The number of tetrazole rings is 1. The molecule has 4 rings (SSSR count). The summed E-state index contributed by atoms with van der Waals surface area (Å²) in [7, 11) is 0. The van der Waals surface area contributed by atoms with Crippen LogP contribution >= 0.6 is 0 Å². The van der Waals surface area contributed by atoms with Crippen LogP contribution < -0.4 is 5.32 Å². The molecular formula is C20H28N6O2. The summed E-state index contributed by atoms with van der Waals surface area (Å²) in [5, 5.41) is 14.7. The molecule has 1 N–H and O–H groups in total. The van der Waals surface area contributed by atoms with E-state index in [1.807, 2.05) is 31.2 Å². The van der Waals surface area contributed by atoms with Gasteiger partial charge in [0.2, 0.25) is 5.91 Å². The molecule has 0 bridgehead atoms. The zero-order valence-corrected chi connectivity index (χ0v) is 16.7. The van der Waals surface area contributed by atoms with Gasteiger partial charge < -0.3 is 10.1 Å². The Hall–Kier alpha value is -2.32. The molecule has 8 heteroatoms. The van der Waals surface area contributed by atoms with Crippen molar-refractivity contribution in [2.75, 3.05) is 19.7 Å². The standard InChI is InChI=1S/C20H28N6O2/c1-13(2)19-11-25-10-16(9-18(25)12-28-19)21-20(27)8-15-4-6-17(7-5-15)26-14(3)22-23-24-26/h4-7,13,16,18-19H,8-12H2,1-3H3,(H,21,27)/t16-,18+,19+/m1/s1. The van der Waals surface area contributed by atoms with Crippen molar-refractivity contribution in [2.45, 2.75) is 51.8 Å². The average Bonchev–Trinajstić information content (AvgIpc) is 3.26. The van der Waals surface area contributed by atoms with Crippen molar-refractivity contribution < 1.29 is 9.53 Å². The van der Waals surface area contributed by atoms with E-state index in [4.69, 9.17) is 4.74 Å². The fraction of sp³-hybridized carbons (Fsp3) is 0.600. The fourth-order valence-electron chi connectivity index (χ4n) is 4.10. The van der Waals surface area contributed by atoms with Gasteiger partial charge in [-0.05, 0) is 47.4 Å². The molecular weight excluding hydrogens is 356 g/mol. The lowest BCUT2D eigenvalue weighted by Crippen LogP contribution is -2.48. The first-order chi connectivity index (χ1) is 13.5. The molecule has 0 spiro atoms. The van der Waals surface area contributed by atoms with Crippen LogP contribution in [-0.4, -0.2) is 68.9 Å². The van der Waals surface area contributed by atoms with Crippen molar-refractivity contribution in [1.29, 1.82) is 0 Å². The summed E-state index contributed by atoms with van der Waals surface area (Å²) in [5.41, 5.74) is 1.87. The van der Waals surface area contributed by atoms with Crippen LogP contribution in [-0.2, 0) is 16.0 Å². The number of hydrogen-bond donors (Lipinski definition) is 1. The highest BCUT2D eigenvalue weighted by Crippen LogP contribution is 2.25. The second kappa shape index (κ2) is 7.97. The number of aryl methyl sites for hydroxylation is 1. The quantitative estimate of drug-likeness (QED) is 0.832. The molecule has 8 nitrogen and oxygen atoms in total. The number of nitrogens with one attached hydrogen (secondary N) is 1.